The van der Waals surface area contributed by atoms with Crippen molar-refractivity contribution < 1.29 is 13.2 Å². The summed E-state index contributed by atoms with van der Waals surface area (Å²) >= 11 is 12.2. The number of hydrogen-bond donors (Lipinski definition) is 2. The first kappa shape index (κ1) is 20.7. The van der Waals surface area contributed by atoms with Gasteiger partial charge in [0.1, 0.15) is 0 Å². The molecular formula is C17H19Cl2N3O3S. The summed E-state index contributed by atoms with van der Waals surface area (Å²) in [7, 11) is -2.06. The fourth-order valence-electron chi connectivity index (χ4n) is 2.27. The van der Waals surface area contributed by atoms with Gasteiger partial charge in [0.25, 0.3) is 0 Å². The van der Waals surface area contributed by atoms with E-state index in [1.165, 1.54) is 18.2 Å². The van der Waals surface area contributed by atoms with Crippen LogP contribution in [0.2, 0.25) is 10.0 Å². The van der Waals surface area contributed by atoms with Gasteiger partial charge in [-0.25, -0.2) is 13.6 Å². The van der Waals surface area contributed by atoms with Crippen LogP contribution in [-0.4, -0.2) is 32.3 Å². The first-order valence-electron chi connectivity index (χ1n) is 7.66. The number of carbonyl (C=O) groups excluding carboxylic acids is 1. The van der Waals surface area contributed by atoms with Crippen LogP contribution >= 0.6 is 23.2 Å². The summed E-state index contributed by atoms with van der Waals surface area (Å²) in [5, 5.41) is 8.70. The molecule has 9 heteroatoms. The maximum atomic E-state index is 12.5. The molecule has 2 aromatic carbocycles. The van der Waals surface area contributed by atoms with Crippen molar-refractivity contribution in [3.05, 3.63) is 58.1 Å². The Hall–Kier alpha value is -1.64. The Balaban J connectivity index is 2.08. The average molecular weight is 416 g/mol. The van der Waals surface area contributed by atoms with E-state index in [4.69, 9.17) is 28.3 Å². The summed E-state index contributed by atoms with van der Waals surface area (Å²) in [6, 6.07) is 10.6. The number of anilines is 1. The van der Waals surface area contributed by atoms with Gasteiger partial charge < -0.3 is 5.32 Å². The highest BCUT2D eigenvalue weighted by molar-refractivity contribution is 7.89. The average Bonchev–Trinajstić information content (AvgIpc) is 2.57. The van der Waals surface area contributed by atoms with Crippen molar-refractivity contribution in [2.45, 2.75) is 24.4 Å². The van der Waals surface area contributed by atoms with Crippen LogP contribution in [0.5, 0.6) is 0 Å². The summed E-state index contributed by atoms with van der Waals surface area (Å²) in [6.45, 7) is 2.16. The number of primary sulfonamides is 1. The molecule has 6 nitrogen and oxygen atoms in total. The number of sulfonamides is 1. The Morgan fingerprint density at radius 2 is 1.88 bits per heavy atom. The summed E-state index contributed by atoms with van der Waals surface area (Å²) in [5.74, 6) is -0.294. The van der Waals surface area contributed by atoms with Crippen molar-refractivity contribution in [2.24, 2.45) is 5.14 Å². The van der Waals surface area contributed by atoms with Crippen molar-refractivity contribution in [1.82, 2.24) is 4.90 Å². The van der Waals surface area contributed by atoms with Crippen molar-refractivity contribution in [3.8, 4) is 0 Å². The maximum absolute atomic E-state index is 12.5. The fraction of sp³-hybridized carbons (Fsp3) is 0.235. The van der Waals surface area contributed by atoms with E-state index < -0.39 is 16.1 Å². The number of nitrogens with zero attached hydrogens (tertiary/aromatic N) is 1. The van der Waals surface area contributed by atoms with Crippen LogP contribution in [-0.2, 0) is 21.4 Å². The van der Waals surface area contributed by atoms with Gasteiger partial charge in [0.2, 0.25) is 15.9 Å². The number of amides is 1. The largest absolute Gasteiger partial charge is 0.325 e. The third-order valence-electron chi connectivity index (χ3n) is 3.92. The number of nitrogens with one attached hydrogen (secondary N) is 1. The van der Waals surface area contributed by atoms with Crippen molar-refractivity contribution >= 4 is 44.8 Å². The molecule has 0 aliphatic carbocycles. The number of rotatable bonds is 6. The van der Waals surface area contributed by atoms with Gasteiger partial charge in [-0.15, -0.1) is 0 Å². The van der Waals surface area contributed by atoms with E-state index in [2.05, 4.69) is 5.32 Å². The van der Waals surface area contributed by atoms with Crippen LogP contribution < -0.4 is 10.5 Å². The number of carbonyl (C=O) groups is 1. The van der Waals surface area contributed by atoms with Crippen LogP contribution in [0.15, 0.2) is 47.4 Å². The van der Waals surface area contributed by atoms with E-state index in [-0.39, 0.29) is 10.8 Å². The topological polar surface area (TPSA) is 92.5 Å². The van der Waals surface area contributed by atoms with Gasteiger partial charge in [-0.3, -0.25) is 9.69 Å². The molecule has 0 aliphatic heterocycles. The highest BCUT2D eigenvalue weighted by Crippen LogP contribution is 2.26. The first-order chi connectivity index (χ1) is 12.1. The fourth-order valence-corrected chi connectivity index (χ4v) is 3.21. The predicted octanol–water partition coefficient (Wildman–Crippen LogP) is 3.10. The second-order valence-corrected chi connectivity index (χ2v) is 8.21. The summed E-state index contributed by atoms with van der Waals surface area (Å²) < 4.78 is 22.8. The molecule has 0 aliphatic rings. The third kappa shape index (κ3) is 5.18. The molecule has 0 aromatic heterocycles. The van der Waals surface area contributed by atoms with E-state index in [1.807, 2.05) is 6.07 Å². The molecule has 0 radical (unpaired) electrons. The number of likely N-dealkylation sites (N-methyl/N-ethyl adjacent to an activating group) is 1. The molecule has 0 saturated carbocycles. The Kier molecular flexibility index (Phi) is 6.65. The lowest BCUT2D eigenvalue weighted by molar-refractivity contribution is -0.120. The molecular weight excluding hydrogens is 397 g/mol. The van der Waals surface area contributed by atoms with E-state index in [9.17, 15) is 13.2 Å². The molecule has 0 saturated heterocycles. The Bertz CT molecular complexity index is 919. The van der Waals surface area contributed by atoms with E-state index in [1.54, 1.807) is 37.1 Å². The summed E-state index contributed by atoms with van der Waals surface area (Å²) in [5.41, 5.74) is 1.15. The van der Waals surface area contributed by atoms with Gasteiger partial charge in [0.15, 0.2) is 0 Å². The molecule has 2 aromatic rings. The zero-order valence-corrected chi connectivity index (χ0v) is 16.6. The SMILES string of the molecule is C[C@H](C(=O)Nc1cccc(S(N)(=O)=O)c1)N(C)Cc1cccc(Cl)c1Cl. The highest BCUT2D eigenvalue weighted by atomic mass is 35.5. The lowest BCUT2D eigenvalue weighted by Crippen LogP contribution is -2.39. The minimum absolute atomic E-state index is 0.0676. The van der Waals surface area contributed by atoms with Crippen LogP contribution in [0.1, 0.15) is 12.5 Å². The minimum atomic E-state index is -3.84. The molecule has 0 bridgehead atoms. The van der Waals surface area contributed by atoms with Crippen LogP contribution in [0.4, 0.5) is 5.69 Å². The summed E-state index contributed by atoms with van der Waals surface area (Å²) in [6.07, 6.45) is 0. The van der Waals surface area contributed by atoms with E-state index >= 15 is 0 Å². The van der Waals surface area contributed by atoms with Gasteiger partial charge in [-0.05, 0) is 43.8 Å². The summed E-state index contributed by atoms with van der Waals surface area (Å²) in [4.78, 5) is 14.2. The molecule has 0 heterocycles. The molecule has 1 amide bonds. The third-order valence-corrected chi connectivity index (χ3v) is 5.69. The Morgan fingerprint density at radius 1 is 1.23 bits per heavy atom. The maximum Gasteiger partial charge on any atom is 0.241 e. The number of benzene rings is 2. The lowest BCUT2D eigenvalue weighted by Gasteiger charge is -2.24. The second kappa shape index (κ2) is 8.37. The number of hydrogen-bond acceptors (Lipinski definition) is 4. The van der Waals surface area contributed by atoms with Gasteiger partial charge in [0, 0.05) is 12.2 Å². The van der Waals surface area contributed by atoms with Crippen molar-refractivity contribution in [2.75, 3.05) is 12.4 Å². The molecule has 1 atom stereocenters. The Morgan fingerprint density at radius 3 is 2.54 bits per heavy atom. The van der Waals surface area contributed by atoms with Crippen LogP contribution in [0.3, 0.4) is 0 Å². The predicted molar refractivity (Wildman–Crippen MR) is 104 cm³/mol. The molecule has 26 heavy (non-hydrogen) atoms. The van der Waals surface area contributed by atoms with Crippen molar-refractivity contribution in [1.29, 1.82) is 0 Å². The minimum Gasteiger partial charge on any atom is -0.325 e. The molecule has 3 N–H and O–H groups in total. The highest BCUT2D eigenvalue weighted by Gasteiger charge is 2.20. The van der Waals surface area contributed by atoms with Crippen molar-refractivity contribution in [3.63, 3.8) is 0 Å². The molecule has 0 spiro atoms. The molecule has 2 rings (SSSR count). The van der Waals surface area contributed by atoms with Crippen LogP contribution in [0, 0.1) is 0 Å². The van der Waals surface area contributed by atoms with Gasteiger partial charge in [-0.2, -0.15) is 0 Å². The Labute approximate surface area is 162 Å². The quantitative estimate of drug-likeness (QED) is 0.757. The smallest absolute Gasteiger partial charge is 0.241 e. The number of nitrogens with two attached hydrogens (primary N) is 1. The standard InChI is InChI=1S/C17H19Cl2N3O3S/c1-11(22(2)10-12-5-3-8-15(18)16(12)19)17(23)21-13-6-4-7-14(9-13)26(20,24)25/h3-9,11H,10H2,1-2H3,(H,21,23)(H2,20,24,25)/t11-/m1/s1. The van der Waals surface area contributed by atoms with Crippen LogP contribution in [0.25, 0.3) is 0 Å². The number of halogens is 2. The molecule has 0 unspecified atom stereocenters. The second-order valence-electron chi connectivity index (χ2n) is 5.87. The van der Waals surface area contributed by atoms with Gasteiger partial charge >= 0.3 is 0 Å². The molecule has 140 valence electrons. The van der Waals surface area contributed by atoms with E-state index in [0.29, 0.717) is 22.3 Å². The lowest BCUT2D eigenvalue weighted by atomic mass is 10.2. The zero-order chi connectivity index (χ0) is 19.5. The normalized spacial score (nSPS) is 12.8. The zero-order valence-electron chi connectivity index (χ0n) is 14.2. The van der Waals surface area contributed by atoms with Gasteiger partial charge in [-0.1, -0.05) is 41.4 Å². The van der Waals surface area contributed by atoms with Gasteiger partial charge in [0.05, 0.1) is 21.0 Å². The monoisotopic (exact) mass is 415 g/mol. The first-order valence-corrected chi connectivity index (χ1v) is 9.96. The van der Waals surface area contributed by atoms with E-state index in [0.717, 1.165) is 5.56 Å². The molecule has 0 fully saturated rings.